The third-order valence-corrected chi connectivity index (χ3v) is 2.03. The Hall–Kier alpha value is -0.940. The van der Waals surface area contributed by atoms with Gasteiger partial charge in [0.2, 0.25) is 0 Å². The maximum atomic E-state index is 10.7. The van der Waals surface area contributed by atoms with Crippen LogP contribution < -0.4 is 9.46 Å². The Morgan fingerprint density at radius 1 is 1.38 bits per heavy atom. The van der Waals surface area contributed by atoms with Crippen molar-refractivity contribution in [1.29, 1.82) is 0 Å². The summed E-state index contributed by atoms with van der Waals surface area (Å²) in [6.45, 7) is 0. The summed E-state index contributed by atoms with van der Waals surface area (Å²) < 4.78 is 28.4. The van der Waals surface area contributed by atoms with Crippen molar-refractivity contribution in [2.75, 3.05) is 11.8 Å². The van der Waals surface area contributed by atoms with E-state index in [2.05, 4.69) is 4.72 Å². The van der Waals surface area contributed by atoms with Gasteiger partial charge in [-0.25, -0.2) is 0 Å². The van der Waals surface area contributed by atoms with Crippen LogP contribution in [0.25, 0.3) is 0 Å². The Kier molecular flexibility index (Phi) is 3.00. The van der Waals surface area contributed by atoms with Crippen LogP contribution >= 0.6 is 10.7 Å². The number of nitrogens with one attached hydrogen (secondary N) is 1. The average molecular weight is 222 g/mol. The molecular formula is C7H8ClNO3S. The summed E-state index contributed by atoms with van der Waals surface area (Å²) in [6.07, 6.45) is 0. The van der Waals surface area contributed by atoms with Gasteiger partial charge in [-0.1, -0.05) is 12.1 Å². The summed E-state index contributed by atoms with van der Waals surface area (Å²) in [5.41, 5.74) is 0.319. The maximum absolute atomic E-state index is 10.7. The molecule has 1 aromatic carbocycles. The van der Waals surface area contributed by atoms with E-state index in [1.807, 2.05) is 0 Å². The molecule has 1 rings (SSSR count). The standard InChI is InChI=1S/C7H8ClNO3S/c1-12-7-5-3-2-4-6(7)9-13(8,10)11/h2-5,9H,1H3. The third-order valence-electron chi connectivity index (χ3n) is 1.34. The van der Waals surface area contributed by atoms with Crippen LogP contribution in [0.4, 0.5) is 5.69 Å². The van der Waals surface area contributed by atoms with Crippen molar-refractivity contribution in [2.45, 2.75) is 0 Å². The first kappa shape index (κ1) is 10.1. The number of anilines is 1. The van der Waals surface area contributed by atoms with Crippen molar-refractivity contribution in [2.24, 2.45) is 0 Å². The zero-order valence-corrected chi connectivity index (χ0v) is 8.39. The molecule has 6 heteroatoms. The van der Waals surface area contributed by atoms with E-state index in [0.29, 0.717) is 11.4 Å². The summed E-state index contributed by atoms with van der Waals surface area (Å²) in [4.78, 5) is 0. The number of ether oxygens (including phenoxy) is 1. The van der Waals surface area contributed by atoms with Crippen LogP contribution in [0.15, 0.2) is 24.3 Å². The van der Waals surface area contributed by atoms with E-state index < -0.39 is 9.24 Å². The number of hydrogen-bond donors (Lipinski definition) is 1. The third kappa shape index (κ3) is 3.12. The molecule has 0 aromatic heterocycles. The molecule has 0 unspecified atom stereocenters. The predicted octanol–water partition coefficient (Wildman–Crippen LogP) is 1.59. The molecule has 1 aromatic rings. The highest BCUT2D eigenvalue weighted by Gasteiger charge is 2.08. The van der Waals surface area contributed by atoms with Gasteiger partial charge in [-0.05, 0) is 12.1 Å². The van der Waals surface area contributed by atoms with Gasteiger partial charge in [0, 0.05) is 10.7 Å². The number of para-hydroxylation sites is 2. The lowest BCUT2D eigenvalue weighted by molar-refractivity contribution is 0.417. The average Bonchev–Trinajstić information content (AvgIpc) is 2.02. The van der Waals surface area contributed by atoms with E-state index >= 15 is 0 Å². The highest BCUT2D eigenvalue weighted by molar-refractivity contribution is 8.14. The van der Waals surface area contributed by atoms with Gasteiger partial charge in [0.05, 0.1) is 12.8 Å². The highest BCUT2D eigenvalue weighted by atomic mass is 35.7. The molecule has 0 radical (unpaired) electrons. The number of benzene rings is 1. The first-order valence-electron chi connectivity index (χ1n) is 3.38. The predicted molar refractivity (Wildman–Crippen MR) is 51.4 cm³/mol. The molecule has 0 aliphatic carbocycles. The lowest BCUT2D eigenvalue weighted by Crippen LogP contribution is -2.05. The molecule has 0 bridgehead atoms. The van der Waals surface area contributed by atoms with E-state index in [1.54, 1.807) is 24.3 Å². The van der Waals surface area contributed by atoms with E-state index in [1.165, 1.54) is 7.11 Å². The van der Waals surface area contributed by atoms with Crippen LogP contribution in [0.3, 0.4) is 0 Å². The maximum Gasteiger partial charge on any atom is 0.319 e. The minimum atomic E-state index is -3.77. The van der Waals surface area contributed by atoms with Crippen molar-refractivity contribution in [1.82, 2.24) is 0 Å². The van der Waals surface area contributed by atoms with Gasteiger partial charge >= 0.3 is 9.24 Å². The van der Waals surface area contributed by atoms with Crippen molar-refractivity contribution >= 4 is 25.6 Å². The number of methoxy groups -OCH3 is 1. The zero-order chi connectivity index (χ0) is 9.90. The van der Waals surface area contributed by atoms with Gasteiger partial charge in [0.25, 0.3) is 0 Å². The fraction of sp³-hybridized carbons (Fsp3) is 0.143. The van der Waals surface area contributed by atoms with Crippen molar-refractivity contribution < 1.29 is 13.2 Å². The summed E-state index contributed by atoms with van der Waals surface area (Å²) >= 11 is 0. The number of hydrogen-bond acceptors (Lipinski definition) is 3. The minimum Gasteiger partial charge on any atom is -0.495 e. The van der Waals surface area contributed by atoms with Crippen LogP contribution in [0.5, 0.6) is 5.75 Å². The van der Waals surface area contributed by atoms with E-state index in [4.69, 9.17) is 15.4 Å². The lowest BCUT2D eigenvalue weighted by Gasteiger charge is -2.07. The smallest absolute Gasteiger partial charge is 0.319 e. The molecule has 0 heterocycles. The Labute approximate surface area is 81.0 Å². The molecule has 0 atom stereocenters. The topological polar surface area (TPSA) is 55.4 Å². The second-order valence-corrected chi connectivity index (χ2v) is 4.54. The van der Waals surface area contributed by atoms with Crippen molar-refractivity contribution in [3.8, 4) is 5.75 Å². The van der Waals surface area contributed by atoms with Crippen LogP contribution in [0, 0.1) is 0 Å². The summed E-state index contributed by atoms with van der Waals surface area (Å²) in [5, 5.41) is 0. The fourth-order valence-corrected chi connectivity index (χ4v) is 1.54. The van der Waals surface area contributed by atoms with Gasteiger partial charge in [0.1, 0.15) is 5.75 Å². The normalized spacial score (nSPS) is 10.9. The second kappa shape index (κ2) is 3.85. The van der Waals surface area contributed by atoms with Crippen LogP contribution in [0.2, 0.25) is 0 Å². The van der Waals surface area contributed by atoms with Gasteiger partial charge < -0.3 is 4.74 Å². The number of rotatable bonds is 3. The highest BCUT2D eigenvalue weighted by Crippen LogP contribution is 2.24. The zero-order valence-electron chi connectivity index (χ0n) is 6.82. The summed E-state index contributed by atoms with van der Waals surface area (Å²) in [5.74, 6) is 0.423. The quantitative estimate of drug-likeness (QED) is 0.789. The molecule has 0 saturated carbocycles. The molecule has 0 aliphatic heterocycles. The molecule has 0 amide bonds. The van der Waals surface area contributed by atoms with E-state index in [9.17, 15) is 8.42 Å². The fourth-order valence-electron chi connectivity index (χ4n) is 0.860. The first-order chi connectivity index (χ1) is 6.03. The van der Waals surface area contributed by atoms with Gasteiger partial charge in [-0.3, -0.25) is 4.72 Å². The summed E-state index contributed by atoms with van der Waals surface area (Å²) in [7, 11) is 2.68. The van der Waals surface area contributed by atoms with E-state index in [0.717, 1.165) is 0 Å². The Bertz CT molecular complexity index is 390. The molecule has 0 spiro atoms. The molecular weight excluding hydrogens is 214 g/mol. The molecule has 13 heavy (non-hydrogen) atoms. The van der Waals surface area contributed by atoms with Gasteiger partial charge in [0.15, 0.2) is 0 Å². The Morgan fingerprint density at radius 3 is 2.54 bits per heavy atom. The van der Waals surface area contributed by atoms with Gasteiger partial charge in [-0.2, -0.15) is 8.42 Å². The SMILES string of the molecule is COc1ccccc1NS(=O)(=O)Cl. The number of halogens is 1. The van der Waals surface area contributed by atoms with Crippen LogP contribution in [-0.4, -0.2) is 15.5 Å². The largest absolute Gasteiger partial charge is 0.495 e. The molecule has 1 N–H and O–H groups in total. The molecule has 0 aliphatic rings. The van der Waals surface area contributed by atoms with Crippen molar-refractivity contribution in [3.63, 3.8) is 0 Å². The Balaban J connectivity index is 3.01. The molecule has 0 fully saturated rings. The molecule has 72 valence electrons. The van der Waals surface area contributed by atoms with Gasteiger partial charge in [-0.15, -0.1) is 0 Å². The molecule has 0 saturated heterocycles. The van der Waals surface area contributed by atoms with E-state index in [-0.39, 0.29) is 0 Å². The monoisotopic (exact) mass is 221 g/mol. The minimum absolute atomic E-state index is 0.319. The molecule has 4 nitrogen and oxygen atoms in total. The summed E-state index contributed by atoms with van der Waals surface area (Å²) in [6, 6.07) is 6.58. The second-order valence-electron chi connectivity index (χ2n) is 2.24. The lowest BCUT2D eigenvalue weighted by atomic mass is 10.3. The Morgan fingerprint density at radius 2 is 2.00 bits per heavy atom. The van der Waals surface area contributed by atoms with Crippen molar-refractivity contribution in [3.05, 3.63) is 24.3 Å². The first-order valence-corrected chi connectivity index (χ1v) is 5.69. The van der Waals surface area contributed by atoms with Crippen LogP contribution in [0.1, 0.15) is 0 Å². The van der Waals surface area contributed by atoms with Crippen LogP contribution in [-0.2, 0) is 9.24 Å².